The normalized spacial score (nSPS) is 34.7. The van der Waals surface area contributed by atoms with Crippen LogP contribution in [0.4, 0.5) is 47.4 Å². The molecule has 18 bridgehead atoms. The Morgan fingerprint density at radius 2 is 1.13 bits per heavy atom. The van der Waals surface area contributed by atoms with E-state index < -0.39 is 78.3 Å². The van der Waals surface area contributed by atoms with Gasteiger partial charge in [0.05, 0.1) is 60.1 Å². The third-order valence-electron chi connectivity index (χ3n) is 31.2. The number of fused-ring (bicyclic) bond motifs is 21. The van der Waals surface area contributed by atoms with E-state index in [1.165, 1.54) is 41.0 Å². The van der Waals surface area contributed by atoms with E-state index in [0.29, 0.717) is 144 Å². The van der Waals surface area contributed by atoms with Gasteiger partial charge in [0.2, 0.25) is 17.7 Å². The summed E-state index contributed by atoms with van der Waals surface area (Å²) in [4.78, 5) is 109. The lowest BCUT2D eigenvalue weighted by Gasteiger charge is -2.59. The Morgan fingerprint density at radius 3 is 1.68 bits per heavy atom. The smallest absolute Gasteiger partial charge is 0.355 e. The van der Waals surface area contributed by atoms with Gasteiger partial charge in [0, 0.05) is 179 Å². The number of pyridine rings is 2. The Bertz CT molecular complexity index is 4900. The van der Waals surface area contributed by atoms with Gasteiger partial charge in [-0.15, -0.1) is 0 Å². The van der Waals surface area contributed by atoms with E-state index in [9.17, 15) is 28.8 Å². The molecule has 15 heterocycles. The van der Waals surface area contributed by atoms with E-state index >= 15 is 26.3 Å². The Morgan fingerprint density at radius 1 is 0.575 bits per heavy atom. The van der Waals surface area contributed by atoms with Gasteiger partial charge in [0.25, 0.3) is 0 Å². The van der Waals surface area contributed by atoms with Crippen molar-refractivity contribution in [1.29, 1.82) is 0 Å². The van der Waals surface area contributed by atoms with Crippen molar-refractivity contribution in [3.8, 4) is 16.9 Å². The maximum atomic E-state index is 16.5. The molecule has 3 aromatic heterocycles. The van der Waals surface area contributed by atoms with Crippen molar-refractivity contribution in [3.05, 3.63) is 108 Å². The summed E-state index contributed by atoms with van der Waals surface area (Å²) in [5.74, 6) is 1.22. The highest BCUT2D eigenvalue weighted by atomic mass is 32.2. The Labute approximate surface area is 794 Å². The molecule has 736 valence electrons. The molecule has 7 amide bonds. The van der Waals surface area contributed by atoms with Crippen LogP contribution in [0.2, 0.25) is 0 Å². The average molecular weight is 1910 g/mol. The maximum Gasteiger partial charge on any atom is 0.355 e. The number of benzene rings is 1. The van der Waals surface area contributed by atoms with E-state index in [2.05, 4.69) is 134 Å². The van der Waals surface area contributed by atoms with Crippen LogP contribution in [-0.4, -0.2) is 320 Å². The quantitative estimate of drug-likeness (QED) is 0.0556. The number of piperidine rings is 4. The predicted octanol–water partition coefficient (Wildman–Crippen LogP) is 10.4. The summed E-state index contributed by atoms with van der Waals surface area (Å²) in [5.41, 5.74) is 1.62. The zero-order valence-corrected chi connectivity index (χ0v) is 81.1. The van der Waals surface area contributed by atoms with Crippen molar-refractivity contribution in [2.75, 3.05) is 126 Å². The molecule has 18 rings (SSSR count). The molecular formula is C98H143F6N21O7S2. The first-order valence-corrected chi connectivity index (χ1v) is 51.8. The second kappa shape index (κ2) is 43.8. The molecule has 9 N–H and O–H groups in total. The number of hydrogen-bond donors (Lipinski definition) is 9. The van der Waals surface area contributed by atoms with Crippen LogP contribution in [0, 0.1) is 53.1 Å². The summed E-state index contributed by atoms with van der Waals surface area (Å²) < 4.78 is 103. The number of aromatic nitrogens is 4. The highest BCUT2D eigenvalue weighted by molar-refractivity contribution is 8.00. The van der Waals surface area contributed by atoms with Gasteiger partial charge in [-0.05, 0) is 219 Å². The summed E-state index contributed by atoms with van der Waals surface area (Å²) in [6, 6.07) is 6.07. The first kappa shape index (κ1) is 99.4. The van der Waals surface area contributed by atoms with Crippen molar-refractivity contribution in [2.45, 2.75) is 279 Å². The van der Waals surface area contributed by atoms with Crippen LogP contribution in [0.25, 0.3) is 28.0 Å². The summed E-state index contributed by atoms with van der Waals surface area (Å²) in [6.07, 6.45) is 8.25. The van der Waals surface area contributed by atoms with Gasteiger partial charge in [-0.3, -0.25) is 39.8 Å². The fourth-order valence-corrected chi connectivity index (χ4v) is 26.7. The lowest BCUT2D eigenvalue weighted by Crippen LogP contribution is -2.79. The molecule has 25 atom stereocenters. The minimum absolute atomic E-state index is 0.0246. The highest BCUT2D eigenvalue weighted by Gasteiger charge is 2.59. The van der Waals surface area contributed by atoms with Crippen LogP contribution in [0.5, 0.6) is 0 Å². The number of ether oxygens (including phenoxy) is 1. The van der Waals surface area contributed by atoms with Crippen molar-refractivity contribution in [1.82, 2.24) is 96.4 Å². The van der Waals surface area contributed by atoms with Gasteiger partial charge < -0.3 is 71.4 Å². The molecule has 2 aliphatic carbocycles. The number of carbonyl (C=O) groups excluding carboxylic acids is 5. The Balaban J connectivity index is 0.000000146. The Hall–Kier alpha value is -7.65. The van der Waals surface area contributed by atoms with Crippen LogP contribution >= 0.6 is 23.5 Å². The predicted molar refractivity (Wildman–Crippen MR) is 515 cm³/mol. The van der Waals surface area contributed by atoms with E-state index in [-0.39, 0.29) is 162 Å². The minimum atomic E-state index is -1.22. The monoisotopic (exact) mass is 1900 g/mol. The largest absolute Gasteiger partial charge is 0.385 e. The number of halogens is 6. The van der Waals surface area contributed by atoms with Gasteiger partial charge in [-0.25, -0.2) is 50.3 Å². The molecule has 28 nitrogen and oxygen atoms in total. The van der Waals surface area contributed by atoms with E-state index in [1.54, 1.807) is 27.0 Å². The summed E-state index contributed by atoms with van der Waals surface area (Å²) >= 11 is 3.97. The number of carbonyl (C=O) groups is 5. The SMILES string of the molecule is C=CC(=O)N1CCN(C2NC(=O)N3C4CC(CNC4C(C)C)CSCCCNC4CCC(F)C(C4)C4NC3C2CC4F)[C@@H](C)C1.C=CC(=O)N1CCN(C2NC(=O)N3C4CC(CNC4C(C)C)SCCCNC4CCC(F)C(C4)C4NC3C2CC4F)[C@@H](C)C1.C=CC(=O)N1CCN(c2nc(=O)n3c4nc(c(F)cc24)-c2cc(ccc2F)NCCCOCc2cnc(C(C)C)c-3c2)[C@@H](C)C1. The fraction of sp³-hybridized carbons (Fsp3) is 0.704. The first-order chi connectivity index (χ1) is 64.5. The third kappa shape index (κ3) is 21.4. The first-order valence-electron chi connectivity index (χ1n) is 49.6. The van der Waals surface area contributed by atoms with E-state index in [0.717, 1.165) is 87.5 Å². The molecule has 4 aromatic rings. The number of piperazine rings is 3. The summed E-state index contributed by atoms with van der Waals surface area (Å²) in [7, 11) is 0. The van der Waals surface area contributed by atoms with Crippen LogP contribution in [0.15, 0.2) is 79.3 Å². The van der Waals surface area contributed by atoms with Crippen LogP contribution in [0.3, 0.4) is 0 Å². The number of rotatable bonds is 9. The molecule has 134 heavy (non-hydrogen) atoms. The maximum absolute atomic E-state index is 16.5. The van der Waals surface area contributed by atoms with Crippen LogP contribution < -0.4 is 58.4 Å². The lowest BCUT2D eigenvalue weighted by atomic mass is 9.73. The van der Waals surface area contributed by atoms with Gasteiger partial charge in [0.1, 0.15) is 47.8 Å². The van der Waals surface area contributed by atoms with Crippen LogP contribution in [0.1, 0.15) is 163 Å². The molecule has 11 saturated heterocycles. The van der Waals surface area contributed by atoms with Gasteiger partial charge in [-0.1, -0.05) is 61.3 Å². The highest BCUT2D eigenvalue weighted by Crippen LogP contribution is 2.47. The zero-order valence-electron chi connectivity index (χ0n) is 79.4. The number of anilines is 2. The van der Waals surface area contributed by atoms with Crippen molar-refractivity contribution in [2.24, 2.45) is 41.4 Å². The van der Waals surface area contributed by atoms with Crippen molar-refractivity contribution >= 4 is 75.8 Å². The van der Waals surface area contributed by atoms with E-state index in [4.69, 9.17) is 4.74 Å². The number of alkyl halides is 4. The molecule has 1 aromatic carbocycles. The lowest BCUT2D eigenvalue weighted by molar-refractivity contribution is -0.132. The average Bonchev–Trinajstić information content (AvgIpc) is 0.762. The number of amides is 7. The van der Waals surface area contributed by atoms with Gasteiger partial charge in [-0.2, -0.15) is 28.5 Å². The van der Waals surface area contributed by atoms with Gasteiger partial charge >= 0.3 is 17.8 Å². The molecule has 0 radical (unpaired) electrons. The third-order valence-corrected chi connectivity index (χ3v) is 33.8. The molecule has 12 aliphatic heterocycles. The fourth-order valence-electron chi connectivity index (χ4n) is 24.4. The molecule has 0 spiro atoms. The topological polar surface area (TPSA) is 289 Å². The number of urea groups is 2. The number of nitrogens with one attached hydrogen (secondary N) is 9. The van der Waals surface area contributed by atoms with Crippen LogP contribution in [-0.2, 0) is 25.7 Å². The molecule has 36 heteroatoms. The molecule has 13 fully saturated rings. The minimum Gasteiger partial charge on any atom is -0.385 e. The Kier molecular flexibility index (Phi) is 32.5. The zero-order chi connectivity index (χ0) is 94.8. The second-order valence-corrected chi connectivity index (χ2v) is 43.5. The molecule has 2 saturated carbocycles. The number of thioether (sulfide) groups is 2. The van der Waals surface area contributed by atoms with Gasteiger partial charge in [0.15, 0.2) is 5.65 Å². The van der Waals surface area contributed by atoms with E-state index in [1.807, 2.05) is 65.1 Å². The van der Waals surface area contributed by atoms with Crippen molar-refractivity contribution < 1.29 is 55.1 Å². The standard InChI is InChI=1S/C33H35F2N7O3.C33H55F2N7O2S.C32H53F2N7O2S/c2*1-5-28(43)40-10-11-41(20(4)17-40)31-24-15-26(35)30-23-14-22(7-8-25(23)34)36-9-6-12-45-18-21-13-27(29(19(2)3)37-16-21)42(32(24)38-30)33(44)39-31;1-5-27(42)39-10-11-40(19(4)17-39)30-23-15-25(34)29-22-13-20(7-8-24(22)33)35-9-6-12-44-21-14-26(28(18(2)3)36-16-21)41(31(23)37-29)32(43)38-30/h5,7-8,13-16,19-20,36H,1,6,9-12,17-18H2,2-4H3;5,19-27,29-32,36-38H,1,6-18H2,2-4H3,(H,39,44);5,18-26,28-31,35-37H,1,6-17H2,2-4H3,(H,38,43)/t20-;20-,21?,22?,23?,24?,25?,26?,27?,29?,30?,31?,32?;19-,20?,21?,22?,23?,24?,25?,26?,28?,29?,30?,31?/m000/s1. The molecule has 22 unspecified atom stereocenters. The summed E-state index contributed by atoms with van der Waals surface area (Å²) in [5, 5.41) is 32.8. The second-order valence-electron chi connectivity index (χ2n) is 41.0. The summed E-state index contributed by atoms with van der Waals surface area (Å²) in [6.45, 7) is 38.9. The number of hydrogen-bond acceptors (Lipinski definition) is 22. The molecular weight excluding hydrogens is 1760 g/mol. The number of nitrogens with zero attached hydrogens (tertiary/aromatic N) is 12. The molecule has 14 aliphatic rings. The van der Waals surface area contributed by atoms with Crippen molar-refractivity contribution in [3.63, 3.8) is 0 Å².